The van der Waals surface area contributed by atoms with Gasteiger partial charge in [-0.2, -0.15) is 0 Å². The van der Waals surface area contributed by atoms with Crippen LogP contribution in [0.5, 0.6) is 0 Å². The van der Waals surface area contributed by atoms with Crippen molar-refractivity contribution in [2.45, 2.75) is 23.6 Å². The maximum Gasteiger partial charge on any atom is 0.339 e. The summed E-state index contributed by atoms with van der Waals surface area (Å²) in [6.07, 6.45) is 0. The smallest absolute Gasteiger partial charge is 0.339 e. The van der Waals surface area contributed by atoms with Crippen molar-refractivity contribution in [2.24, 2.45) is 0 Å². The van der Waals surface area contributed by atoms with Crippen LogP contribution in [-0.4, -0.2) is 23.5 Å². The minimum Gasteiger partial charge on any atom is -0.452 e. The molecule has 0 bridgehead atoms. The number of thiazole rings is 1. The number of nitrogens with one attached hydrogen (secondary N) is 1. The van der Waals surface area contributed by atoms with Gasteiger partial charge < -0.3 is 10.1 Å². The largest absolute Gasteiger partial charge is 0.452 e. The van der Waals surface area contributed by atoms with Crippen molar-refractivity contribution in [3.05, 3.63) is 118 Å². The third kappa shape index (κ3) is 6.34. The van der Waals surface area contributed by atoms with Crippen LogP contribution < -0.4 is 5.32 Å². The maximum absolute atomic E-state index is 12.8. The first-order valence-corrected chi connectivity index (χ1v) is 12.7. The zero-order valence-corrected chi connectivity index (χ0v) is 20.3. The van der Waals surface area contributed by atoms with Crippen LogP contribution in [0.15, 0.2) is 95.2 Å². The van der Waals surface area contributed by atoms with Gasteiger partial charge in [0.05, 0.1) is 22.3 Å². The van der Waals surface area contributed by atoms with Gasteiger partial charge >= 0.3 is 5.97 Å². The summed E-state index contributed by atoms with van der Waals surface area (Å²) in [5.74, 6) is -0.233. The Balaban J connectivity index is 1.39. The molecule has 0 saturated heterocycles. The van der Waals surface area contributed by atoms with Gasteiger partial charge in [-0.3, -0.25) is 4.79 Å². The van der Waals surface area contributed by atoms with Gasteiger partial charge in [-0.25, -0.2) is 9.78 Å². The average molecular weight is 489 g/mol. The molecule has 1 amide bonds. The summed E-state index contributed by atoms with van der Waals surface area (Å²) < 4.78 is 5.38. The summed E-state index contributed by atoms with van der Waals surface area (Å²) in [7, 11) is 0. The van der Waals surface area contributed by atoms with Gasteiger partial charge in [0.1, 0.15) is 0 Å². The van der Waals surface area contributed by atoms with E-state index in [4.69, 9.17) is 4.74 Å². The van der Waals surface area contributed by atoms with Crippen LogP contribution in [0.2, 0.25) is 0 Å². The van der Waals surface area contributed by atoms with E-state index in [1.807, 2.05) is 85.1 Å². The lowest BCUT2D eigenvalue weighted by Crippen LogP contribution is -2.33. The lowest BCUT2D eigenvalue weighted by molar-refractivity contribution is -0.124. The van der Waals surface area contributed by atoms with Gasteiger partial charge in [-0.05, 0) is 30.2 Å². The second-order valence-electron chi connectivity index (χ2n) is 7.54. The van der Waals surface area contributed by atoms with Crippen LogP contribution in [0.3, 0.4) is 0 Å². The molecule has 0 saturated carbocycles. The van der Waals surface area contributed by atoms with E-state index in [0.29, 0.717) is 11.3 Å². The van der Waals surface area contributed by atoms with Gasteiger partial charge in [0.2, 0.25) is 0 Å². The van der Waals surface area contributed by atoms with Gasteiger partial charge in [0, 0.05) is 16.0 Å². The molecule has 0 aliphatic heterocycles. The number of amides is 1. The fourth-order valence-electron chi connectivity index (χ4n) is 3.45. The highest BCUT2D eigenvalue weighted by Gasteiger charge is 2.19. The number of aromatic nitrogens is 1. The molecule has 172 valence electrons. The van der Waals surface area contributed by atoms with Crippen molar-refractivity contribution in [1.29, 1.82) is 0 Å². The number of hydrogen-bond acceptors (Lipinski definition) is 6. The number of thioether (sulfide) groups is 1. The van der Waals surface area contributed by atoms with E-state index >= 15 is 0 Å². The van der Waals surface area contributed by atoms with E-state index in [-0.39, 0.29) is 18.6 Å². The van der Waals surface area contributed by atoms with Crippen molar-refractivity contribution < 1.29 is 14.3 Å². The Bertz CT molecular complexity index is 1200. The first-order valence-electron chi connectivity index (χ1n) is 10.8. The van der Waals surface area contributed by atoms with Crippen molar-refractivity contribution >= 4 is 35.0 Å². The molecule has 0 aliphatic rings. The molecule has 0 radical (unpaired) electrons. The number of aryl methyl sites for hydroxylation is 1. The van der Waals surface area contributed by atoms with Gasteiger partial charge in [-0.15, -0.1) is 23.1 Å². The van der Waals surface area contributed by atoms with Gasteiger partial charge in [0.25, 0.3) is 5.91 Å². The Morgan fingerprint density at radius 3 is 2.18 bits per heavy atom. The number of rotatable bonds is 9. The van der Waals surface area contributed by atoms with Gasteiger partial charge in [-0.1, -0.05) is 72.8 Å². The molecule has 1 heterocycles. The lowest BCUT2D eigenvalue weighted by atomic mass is 9.99. The molecule has 4 aromatic rings. The first-order chi connectivity index (χ1) is 16.6. The van der Waals surface area contributed by atoms with Crippen molar-refractivity contribution in [1.82, 2.24) is 10.3 Å². The first kappa shape index (κ1) is 23.7. The predicted octanol–water partition coefficient (Wildman–Crippen LogP) is 5.81. The molecule has 0 atom stereocenters. The Hall–Kier alpha value is -3.42. The Morgan fingerprint density at radius 1 is 0.941 bits per heavy atom. The Kier molecular flexibility index (Phi) is 8.12. The molecule has 0 fully saturated rings. The topological polar surface area (TPSA) is 68.3 Å². The van der Waals surface area contributed by atoms with Crippen LogP contribution in [0.1, 0.15) is 38.2 Å². The van der Waals surface area contributed by atoms with Crippen molar-refractivity contribution in [2.75, 3.05) is 6.61 Å². The molecule has 34 heavy (non-hydrogen) atoms. The minimum absolute atomic E-state index is 0.335. The summed E-state index contributed by atoms with van der Waals surface area (Å²) in [5, 5.41) is 6.02. The SMILES string of the molecule is Cc1nc(CSc2ccccc2C(=O)OCC(=O)NC(c2ccccc2)c2ccccc2)cs1. The second-order valence-corrected chi connectivity index (χ2v) is 9.62. The van der Waals surface area contributed by atoms with Crippen LogP contribution in [0, 0.1) is 6.92 Å². The molecule has 4 rings (SSSR count). The number of esters is 1. The minimum atomic E-state index is -0.524. The molecule has 7 heteroatoms. The molecule has 0 spiro atoms. The summed E-state index contributed by atoms with van der Waals surface area (Å²) in [4.78, 5) is 30.8. The van der Waals surface area contributed by atoms with Crippen LogP contribution in [0.4, 0.5) is 0 Å². The van der Waals surface area contributed by atoms with Crippen molar-refractivity contribution in [3.8, 4) is 0 Å². The third-order valence-electron chi connectivity index (χ3n) is 5.05. The number of hydrogen-bond donors (Lipinski definition) is 1. The molecule has 1 aromatic heterocycles. The second kappa shape index (κ2) is 11.6. The molecular weight excluding hydrogens is 464 g/mol. The number of carbonyl (C=O) groups excluding carboxylic acids is 2. The van der Waals surface area contributed by atoms with E-state index in [1.54, 1.807) is 23.5 Å². The number of nitrogens with zero attached hydrogens (tertiary/aromatic N) is 1. The highest BCUT2D eigenvalue weighted by Crippen LogP contribution is 2.27. The number of benzene rings is 3. The number of ether oxygens (including phenoxy) is 1. The fraction of sp³-hybridized carbons (Fsp3) is 0.148. The normalized spacial score (nSPS) is 10.8. The lowest BCUT2D eigenvalue weighted by Gasteiger charge is -2.20. The predicted molar refractivity (Wildman–Crippen MR) is 136 cm³/mol. The number of carbonyl (C=O) groups is 2. The molecule has 3 aromatic carbocycles. The Morgan fingerprint density at radius 2 is 1.56 bits per heavy atom. The van der Waals surface area contributed by atoms with Gasteiger partial charge in [0.15, 0.2) is 6.61 Å². The van der Waals surface area contributed by atoms with Crippen LogP contribution >= 0.6 is 23.1 Å². The average Bonchev–Trinajstić information content (AvgIpc) is 3.30. The highest BCUT2D eigenvalue weighted by molar-refractivity contribution is 7.98. The quantitative estimate of drug-likeness (QED) is 0.238. The summed E-state index contributed by atoms with van der Waals surface area (Å²) in [5.41, 5.74) is 3.32. The molecule has 0 unspecified atom stereocenters. The zero-order valence-electron chi connectivity index (χ0n) is 18.6. The maximum atomic E-state index is 12.8. The molecule has 5 nitrogen and oxygen atoms in total. The van der Waals surface area contributed by atoms with Crippen LogP contribution in [0.25, 0.3) is 0 Å². The zero-order chi connectivity index (χ0) is 23.8. The molecular formula is C27H24N2O3S2. The van der Waals surface area contributed by atoms with Crippen LogP contribution in [-0.2, 0) is 15.3 Å². The highest BCUT2D eigenvalue weighted by atomic mass is 32.2. The monoisotopic (exact) mass is 488 g/mol. The van der Waals surface area contributed by atoms with E-state index in [9.17, 15) is 9.59 Å². The molecule has 0 aliphatic carbocycles. The molecule has 1 N–H and O–H groups in total. The summed E-state index contributed by atoms with van der Waals surface area (Å²) in [6.45, 7) is 1.61. The fourth-order valence-corrected chi connectivity index (χ4v) is 5.10. The van der Waals surface area contributed by atoms with E-state index in [2.05, 4.69) is 10.3 Å². The summed E-state index contributed by atoms with van der Waals surface area (Å²) in [6, 6.07) is 26.3. The summed E-state index contributed by atoms with van der Waals surface area (Å²) >= 11 is 3.13. The Labute approximate surface area is 207 Å². The van der Waals surface area contributed by atoms with E-state index in [1.165, 1.54) is 11.8 Å². The standard InChI is InChI=1S/C27H24N2O3S2/c1-19-28-22(17-33-19)18-34-24-15-9-8-14-23(24)27(31)32-16-25(30)29-26(20-10-4-2-5-11-20)21-12-6-3-7-13-21/h2-15,17,26H,16,18H2,1H3,(H,29,30). The van der Waals surface area contributed by atoms with E-state index in [0.717, 1.165) is 26.7 Å². The third-order valence-corrected chi connectivity index (χ3v) is 6.98. The van der Waals surface area contributed by atoms with Crippen molar-refractivity contribution in [3.63, 3.8) is 0 Å². The van der Waals surface area contributed by atoms with E-state index < -0.39 is 5.97 Å².